The van der Waals surface area contributed by atoms with Crippen molar-refractivity contribution < 1.29 is 39.2 Å². The normalized spacial score (nSPS) is 26.5. The van der Waals surface area contributed by atoms with Crippen LogP contribution in [0.5, 0.6) is 5.75 Å². The standard InChI is InChI=1S/C24H27FN2O7/c1-27(2)5-3-4-10-8-14(25)13-7-11-6-12-9-15(28)18(23(26)33)22(32)24(12,34)21(31)16(11)20(30)17(13)19(10)29/h8,11-12,29-30,32,34H,3-7,9H2,1-2H3,(H2,26,33)/t11?,12-,24-/m0/s1. The third-order valence-electron chi connectivity index (χ3n) is 7.14. The van der Waals surface area contributed by atoms with Crippen LogP contribution < -0.4 is 5.73 Å². The summed E-state index contributed by atoms with van der Waals surface area (Å²) in [4.78, 5) is 39.4. The minimum absolute atomic E-state index is 0.0340. The molecule has 10 heteroatoms. The molecule has 3 aliphatic carbocycles. The molecule has 0 aromatic heterocycles. The summed E-state index contributed by atoms with van der Waals surface area (Å²) >= 11 is 0. The molecule has 1 aromatic carbocycles. The highest BCUT2D eigenvalue weighted by atomic mass is 19.1. The van der Waals surface area contributed by atoms with Crippen molar-refractivity contribution in [2.24, 2.45) is 17.6 Å². The minimum Gasteiger partial charge on any atom is -0.508 e. The van der Waals surface area contributed by atoms with Crippen molar-refractivity contribution in [3.05, 3.63) is 45.5 Å². The Labute approximate surface area is 195 Å². The van der Waals surface area contributed by atoms with Gasteiger partial charge in [0, 0.05) is 23.5 Å². The topological polar surface area (TPSA) is 161 Å². The monoisotopic (exact) mass is 474 g/mol. The number of aryl methyl sites for hydroxylation is 1. The molecule has 1 fully saturated rings. The number of benzene rings is 1. The van der Waals surface area contributed by atoms with Gasteiger partial charge in [0.2, 0.25) is 5.78 Å². The summed E-state index contributed by atoms with van der Waals surface area (Å²) in [6.07, 6.45) is 0.440. The van der Waals surface area contributed by atoms with E-state index in [4.69, 9.17) is 5.73 Å². The third kappa shape index (κ3) is 3.40. The Morgan fingerprint density at radius 1 is 1.24 bits per heavy atom. The van der Waals surface area contributed by atoms with Gasteiger partial charge in [0.25, 0.3) is 5.91 Å². The fourth-order valence-corrected chi connectivity index (χ4v) is 5.47. The molecular formula is C24H27FN2O7. The number of nitrogens with zero attached hydrogens (tertiary/aromatic N) is 1. The number of amides is 1. The highest BCUT2D eigenvalue weighted by molar-refractivity contribution is 6.22. The van der Waals surface area contributed by atoms with Crippen LogP contribution in [0.2, 0.25) is 0 Å². The van der Waals surface area contributed by atoms with Crippen LogP contribution in [0.4, 0.5) is 4.39 Å². The lowest BCUT2D eigenvalue weighted by atomic mass is 9.59. The number of rotatable bonds is 5. The molecule has 1 aromatic rings. The average molecular weight is 474 g/mol. The second kappa shape index (κ2) is 8.21. The van der Waals surface area contributed by atoms with Crippen molar-refractivity contribution in [3.8, 4) is 5.75 Å². The summed E-state index contributed by atoms with van der Waals surface area (Å²) in [6.45, 7) is 0.687. The van der Waals surface area contributed by atoms with Crippen molar-refractivity contribution in [3.63, 3.8) is 0 Å². The van der Waals surface area contributed by atoms with Crippen LogP contribution in [0.3, 0.4) is 0 Å². The summed E-state index contributed by atoms with van der Waals surface area (Å²) in [5.41, 5.74) is 1.50. The summed E-state index contributed by atoms with van der Waals surface area (Å²) in [5, 5.41) is 43.7. The number of hydrogen-bond donors (Lipinski definition) is 5. The van der Waals surface area contributed by atoms with Crippen LogP contribution in [-0.2, 0) is 27.2 Å². The number of phenolic OH excluding ortho intramolecular Hbond substituents is 1. The van der Waals surface area contributed by atoms with Crippen LogP contribution in [0.1, 0.15) is 36.0 Å². The maximum absolute atomic E-state index is 15.1. The quantitative estimate of drug-likeness (QED) is 0.396. The van der Waals surface area contributed by atoms with Gasteiger partial charge in [-0.2, -0.15) is 0 Å². The predicted molar refractivity (Wildman–Crippen MR) is 118 cm³/mol. The molecule has 3 atom stereocenters. The smallest absolute Gasteiger partial charge is 0.255 e. The summed E-state index contributed by atoms with van der Waals surface area (Å²) in [7, 11) is 3.76. The average Bonchev–Trinajstić information content (AvgIpc) is 2.73. The number of fused-ring (bicyclic) bond motifs is 3. The molecule has 0 spiro atoms. The molecule has 182 valence electrons. The zero-order valence-electron chi connectivity index (χ0n) is 18.9. The molecular weight excluding hydrogens is 447 g/mol. The number of aliphatic hydroxyl groups is 3. The third-order valence-corrected chi connectivity index (χ3v) is 7.14. The SMILES string of the molecule is CN(C)CCCc1cc(F)c2c(c1O)C(O)=C1C(=O)[C@]3(O)C(O)=C(C(N)=O)C(=O)C[C@@H]3CC1C2. The highest BCUT2D eigenvalue weighted by Crippen LogP contribution is 2.52. The number of carbonyl (C=O) groups is 3. The number of carbonyl (C=O) groups excluding carboxylic acids is 3. The van der Waals surface area contributed by atoms with Gasteiger partial charge in [0.15, 0.2) is 11.4 Å². The van der Waals surface area contributed by atoms with Crippen molar-refractivity contribution in [1.82, 2.24) is 4.90 Å². The van der Waals surface area contributed by atoms with E-state index in [1.165, 1.54) is 6.07 Å². The molecule has 0 saturated heterocycles. The van der Waals surface area contributed by atoms with E-state index in [1.54, 1.807) is 0 Å². The zero-order chi connectivity index (χ0) is 25.1. The first-order chi connectivity index (χ1) is 15.9. The predicted octanol–water partition coefficient (Wildman–Crippen LogP) is 1.06. The van der Waals surface area contributed by atoms with Crippen molar-refractivity contribution in [2.45, 2.75) is 37.7 Å². The van der Waals surface area contributed by atoms with Gasteiger partial charge in [0.1, 0.15) is 28.7 Å². The van der Waals surface area contributed by atoms with Crippen molar-refractivity contribution in [2.75, 3.05) is 20.6 Å². The summed E-state index contributed by atoms with van der Waals surface area (Å²) in [5.74, 6) is -7.82. The van der Waals surface area contributed by atoms with E-state index < -0.39 is 64.2 Å². The van der Waals surface area contributed by atoms with Gasteiger partial charge >= 0.3 is 0 Å². The minimum atomic E-state index is -2.63. The highest BCUT2D eigenvalue weighted by Gasteiger charge is 2.60. The van der Waals surface area contributed by atoms with Crippen LogP contribution in [0.15, 0.2) is 23.0 Å². The lowest BCUT2D eigenvalue weighted by Gasteiger charge is -2.46. The molecule has 1 saturated carbocycles. The number of ketones is 2. The Morgan fingerprint density at radius 2 is 1.91 bits per heavy atom. The molecule has 6 N–H and O–H groups in total. The Bertz CT molecular complexity index is 1190. The molecule has 1 unspecified atom stereocenters. The number of phenols is 1. The van der Waals surface area contributed by atoms with Crippen LogP contribution in [0, 0.1) is 17.7 Å². The Kier molecular flexibility index (Phi) is 5.77. The number of aromatic hydroxyl groups is 1. The molecule has 0 bridgehead atoms. The summed E-state index contributed by atoms with van der Waals surface area (Å²) < 4.78 is 15.1. The van der Waals surface area contributed by atoms with E-state index in [0.29, 0.717) is 19.4 Å². The van der Waals surface area contributed by atoms with E-state index in [1.807, 2.05) is 19.0 Å². The van der Waals surface area contributed by atoms with Crippen LogP contribution in [-0.4, -0.2) is 69.0 Å². The van der Waals surface area contributed by atoms with E-state index in [0.717, 1.165) is 0 Å². The molecule has 0 aliphatic heterocycles. The van der Waals surface area contributed by atoms with Gasteiger partial charge in [-0.3, -0.25) is 14.4 Å². The Hall–Kier alpha value is -3.24. The van der Waals surface area contributed by atoms with E-state index in [-0.39, 0.29) is 40.9 Å². The Balaban J connectivity index is 1.83. The lowest BCUT2D eigenvalue weighted by Crippen LogP contribution is -2.58. The van der Waals surface area contributed by atoms with E-state index >= 15 is 4.39 Å². The largest absolute Gasteiger partial charge is 0.508 e. The first kappa shape index (κ1) is 23.9. The number of primary amides is 1. The second-order valence-corrected chi connectivity index (χ2v) is 9.53. The second-order valence-electron chi connectivity index (χ2n) is 9.53. The first-order valence-corrected chi connectivity index (χ1v) is 11.0. The lowest BCUT2D eigenvalue weighted by molar-refractivity contribution is -0.147. The maximum Gasteiger partial charge on any atom is 0.255 e. The molecule has 3 aliphatic rings. The van der Waals surface area contributed by atoms with Gasteiger partial charge in [-0.25, -0.2) is 4.39 Å². The molecule has 0 heterocycles. The number of aliphatic hydroxyl groups excluding tert-OH is 2. The number of hydrogen-bond acceptors (Lipinski definition) is 8. The fourth-order valence-electron chi connectivity index (χ4n) is 5.47. The van der Waals surface area contributed by atoms with E-state index in [9.17, 15) is 34.8 Å². The number of Topliss-reactive ketones (excluding diaryl/α,β-unsaturated/α-hetero) is 2. The maximum atomic E-state index is 15.1. The first-order valence-electron chi connectivity index (χ1n) is 11.0. The number of halogens is 1. The number of nitrogens with two attached hydrogens (primary N) is 1. The fraction of sp³-hybridized carbons (Fsp3) is 0.458. The molecule has 1 amide bonds. The molecule has 4 rings (SSSR count). The van der Waals surface area contributed by atoms with Crippen LogP contribution in [0.25, 0.3) is 5.76 Å². The van der Waals surface area contributed by atoms with Gasteiger partial charge in [0.05, 0.1) is 5.56 Å². The van der Waals surface area contributed by atoms with Crippen LogP contribution >= 0.6 is 0 Å². The Morgan fingerprint density at radius 3 is 2.53 bits per heavy atom. The summed E-state index contributed by atoms with van der Waals surface area (Å²) in [6, 6.07) is 1.22. The molecule has 34 heavy (non-hydrogen) atoms. The van der Waals surface area contributed by atoms with Crippen molar-refractivity contribution >= 4 is 23.2 Å². The van der Waals surface area contributed by atoms with E-state index in [2.05, 4.69) is 0 Å². The molecule has 0 radical (unpaired) electrons. The van der Waals surface area contributed by atoms with Gasteiger partial charge < -0.3 is 31.1 Å². The van der Waals surface area contributed by atoms with Gasteiger partial charge in [-0.1, -0.05) is 0 Å². The zero-order valence-corrected chi connectivity index (χ0v) is 18.9. The molecule has 9 nitrogen and oxygen atoms in total. The van der Waals surface area contributed by atoms with Gasteiger partial charge in [-0.05, 0) is 63.9 Å². The van der Waals surface area contributed by atoms with Crippen molar-refractivity contribution in [1.29, 1.82) is 0 Å². The van der Waals surface area contributed by atoms with Gasteiger partial charge in [-0.15, -0.1) is 0 Å².